The summed E-state index contributed by atoms with van der Waals surface area (Å²) < 4.78 is 5.57. The monoisotopic (exact) mass is 248 g/mol. The molecule has 1 amide bonds. The van der Waals surface area contributed by atoms with E-state index in [0.717, 1.165) is 5.52 Å². The van der Waals surface area contributed by atoms with Crippen molar-refractivity contribution in [2.24, 2.45) is 0 Å². The molecule has 0 fully saturated rings. The number of nitrogen functional groups attached to an aromatic ring is 1. The summed E-state index contributed by atoms with van der Waals surface area (Å²) in [5, 5.41) is 2.57. The largest absolute Gasteiger partial charge is 0.439 e. The van der Waals surface area contributed by atoms with Gasteiger partial charge in [0, 0.05) is 18.8 Å². The number of nitrogens with zero attached hydrogens (tertiary/aromatic N) is 2. The van der Waals surface area contributed by atoms with Gasteiger partial charge in [0.25, 0.3) is 0 Å². The highest BCUT2D eigenvalue weighted by Crippen LogP contribution is 2.18. The maximum Gasteiger partial charge on any atom is 0.233 e. The Morgan fingerprint density at radius 2 is 2.33 bits per heavy atom. The van der Waals surface area contributed by atoms with Crippen LogP contribution in [0.2, 0.25) is 0 Å². The smallest absolute Gasteiger partial charge is 0.233 e. The van der Waals surface area contributed by atoms with E-state index in [1.807, 2.05) is 18.0 Å². The third kappa shape index (κ3) is 2.78. The molecule has 0 aliphatic carbocycles. The van der Waals surface area contributed by atoms with Crippen molar-refractivity contribution in [3.8, 4) is 0 Å². The molecule has 0 unspecified atom stereocenters. The minimum Gasteiger partial charge on any atom is -0.439 e. The average molecular weight is 248 g/mol. The molecule has 6 heteroatoms. The summed E-state index contributed by atoms with van der Waals surface area (Å²) in [7, 11) is 3.44. The van der Waals surface area contributed by atoms with E-state index in [-0.39, 0.29) is 5.91 Å². The Labute approximate surface area is 105 Å². The van der Waals surface area contributed by atoms with Crippen LogP contribution < -0.4 is 11.1 Å². The topological polar surface area (TPSA) is 84.4 Å². The van der Waals surface area contributed by atoms with Crippen molar-refractivity contribution in [1.29, 1.82) is 0 Å². The van der Waals surface area contributed by atoms with Crippen molar-refractivity contribution in [3.05, 3.63) is 24.1 Å². The van der Waals surface area contributed by atoms with Crippen molar-refractivity contribution in [1.82, 2.24) is 15.2 Å². The number of anilines is 1. The Kier molecular flexibility index (Phi) is 3.47. The Morgan fingerprint density at radius 1 is 1.56 bits per heavy atom. The van der Waals surface area contributed by atoms with E-state index in [1.165, 1.54) is 0 Å². The molecule has 0 saturated heterocycles. The quantitative estimate of drug-likeness (QED) is 0.773. The summed E-state index contributed by atoms with van der Waals surface area (Å²) in [5.74, 6) is 0.528. The molecule has 1 heterocycles. The van der Waals surface area contributed by atoms with Crippen LogP contribution in [0, 0.1) is 0 Å². The van der Waals surface area contributed by atoms with Crippen molar-refractivity contribution >= 4 is 22.7 Å². The van der Waals surface area contributed by atoms with Crippen molar-refractivity contribution in [2.75, 3.05) is 26.4 Å². The van der Waals surface area contributed by atoms with Gasteiger partial charge in [-0.15, -0.1) is 0 Å². The molecule has 1 aromatic carbocycles. The van der Waals surface area contributed by atoms with Crippen LogP contribution in [0.15, 0.2) is 22.6 Å². The van der Waals surface area contributed by atoms with E-state index in [1.54, 1.807) is 19.2 Å². The molecular formula is C12H16N4O2. The summed E-state index contributed by atoms with van der Waals surface area (Å²) in [4.78, 5) is 17.4. The number of hydrogen-bond donors (Lipinski definition) is 2. The molecular weight excluding hydrogens is 232 g/mol. The molecule has 0 radical (unpaired) electrons. The number of aromatic nitrogens is 1. The summed E-state index contributed by atoms with van der Waals surface area (Å²) >= 11 is 0. The first kappa shape index (κ1) is 12.4. The lowest BCUT2D eigenvalue weighted by Gasteiger charge is -2.12. The molecule has 0 saturated carbocycles. The second kappa shape index (κ2) is 5.05. The van der Waals surface area contributed by atoms with E-state index in [2.05, 4.69) is 10.3 Å². The zero-order valence-corrected chi connectivity index (χ0v) is 10.4. The molecule has 0 aliphatic heterocycles. The first-order chi connectivity index (χ1) is 8.58. The van der Waals surface area contributed by atoms with Gasteiger partial charge in [0.2, 0.25) is 11.8 Å². The molecule has 6 nitrogen and oxygen atoms in total. The van der Waals surface area contributed by atoms with Crippen LogP contribution in [0.4, 0.5) is 5.69 Å². The zero-order valence-electron chi connectivity index (χ0n) is 10.4. The van der Waals surface area contributed by atoms with Gasteiger partial charge in [-0.3, -0.25) is 9.69 Å². The summed E-state index contributed by atoms with van der Waals surface area (Å²) in [6.07, 6.45) is 0. The minimum absolute atomic E-state index is 0.0437. The predicted octanol–water partition coefficient (Wildman–Crippen LogP) is 0.588. The first-order valence-electron chi connectivity index (χ1n) is 5.62. The number of likely N-dealkylation sites (N-methyl/N-ethyl adjacent to an activating group) is 2. The fourth-order valence-corrected chi connectivity index (χ4v) is 1.67. The van der Waals surface area contributed by atoms with Crippen LogP contribution in [-0.4, -0.2) is 36.4 Å². The zero-order chi connectivity index (χ0) is 13.1. The number of carbonyl (C=O) groups is 1. The molecule has 1 aromatic heterocycles. The molecule has 0 spiro atoms. The minimum atomic E-state index is -0.0437. The second-order valence-corrected chi connectivity index (χ2v) is 4.18. The van der Waals surface area contributed by atoms with Crippen molar-refractivity contribution in [3.63, 3.8) is 0 Å². The molecule has 0 bridgehead atoms. The van der Waals surface area contributed by atoms with Gasteiger partial charge in [-0.25, -0.2) is 4.98 Å². The standard InChI is InChI=1S/C12H16N4O2/c1-14-11(17)6-16(2)7-12-15-9-4-3-8(13)5-10(9)18-12/h3-5H,6-7,13H2,1-2H3,(H,14,17). The van der Waals surface area contributed by atoms with E-state index in [9.17, 15) is 4.79 Å². The van der Waals surface area contributed by atoms with E-state index >= 15 is 0 Å². The van der Waals surface area contributed by atoms with Crippen molar-refractivity contribution < 1.29 is 9.21 Å². The van der Waals surface area contributed by atoms with E-state index < -0.39 is 0 Å². The van der Waals surface area contributed by atoms with Gasteiger partial charge >= 0.3 is 0 Å². The lowest BCUT2D eigenvalue weighted by Crippen LogP contribution is -2.32. The van der Waals surface area contributed by atoms with Gasteiger partial charge in [-0.2, -0.15) is 0 Å². The molecule has 18 heavy (non-hydrogen) atoms. The fourth-order valence-electron chi connectivity index (χ4n) is 1.67. The highest BCUT2D eigenvalue weighted by molar-refractivity contribution is 5.78. The van der Waals surface area contributed by atoms with Crippen LogP contribution in [0.1, 0.15) is 5.89 Å². The van der Waals surface area contributed by atoms with E-state index in [0.29, 0.717) is 30.3 Å². The third-order valence-electron chi connectivity index (χ3n) is 2.55. The maximum atomic E-state index is 11.2. The van der Waals surface area contributed by atoms with Crippen LogP contribution >= 0.6 is 0 Å². The van der Waals surface area contributed by atoms with Crippen LogP contribution in [0.5, 0.6) is 0 Å². The molecule has 0 aliphatic rings. The molecule has 3 N–H and O–H groups in total. The number of nitrogens with two attached hydrogens (primary N) is 1. The highest BCUT2D eigenvalue weighted by Gasteiger charge is 2.10. The molecule has 96 valence electrons. The Hall–Kier alpha value is -2.08. The van der Waals surface area contributed by atoms with Crippen LogP contribution in [0.3, 0.4) is 0 Å². The number of amides is 1. The number of oxazole rings is 1. The second-order valence-electron chi connectivity index (χ2n) is 4.18. The molecule has 2 aromatic rings. The van der Waals surface area contributed by atoms with Gasteiger partial charge in [-0.1, -0.05) is 0 Å². The summed E-state index contributed by atoms with van der Waals surface area (Å²) in [6, 6.07) is 5.34. The number of fused-ring (bicyclic) bond motifs is 1. The van der Waals surface area contributed by atoms with Gasteiger partial charge < -0.3 is 15.5 Å². The fraction of sp³-hybridized carbons (Fsp3) is 0.333. The normalized spacial score (nSPS) is 11.1. The van der Waals surface area contributed by atoms with Gasteiger partial charge in [0.15, 0.2) is 5.58 Å². The number of benzene rings is 1. The molecule has 0 atom stereocenters. The number of rotatable bonds is 4. The lowest BCUT2D eigenvalue weighted by molar-refractivity contribution is -0.121. The number of nitrogens with one attached hydrogen (secondary N) is 1. The summed E-state index contributed by atoms with van der Waals surface area (Å²) in [5.41, 5.74) is 7.75. The lowest BCUT2D eigenvalue weighted by atomic mass is 10.3. The molecule has 2 rings (SSSR count). The Bertz CT molecular complexity index is 564. The van der Waals surface area contributed by atoms with E-state index in [4.69, 9.17) is 10.2 Å². The third-order valence-corrected chi connectivity index (χ3v) is 2.55. The Balaban J connectivity index is 2.09. The maximum absolute atomic E-state index is 11.2. The Morgan fingerprint density at radius 3 is 3.06 bits per heavy atom. The van der Waals surface area contributed by atoms with Crippen LogP contribution in [-0.2, 0) is 11.3 Å². The highest BCUT2D eigenvalue weighted by atomic mass is 16.3. The van der Waals surface area contributed by atoms with Crippen molar-refractivity contribution in [2.45, 2.75) is 6.54 Å². The average Bonchev–Trinajstić information content (AvgIpc) is 2.69. The SMILES string of the molecule is CNC(=O)CN(C)Cc1nc2ccc(N)cc2o1. The number of hydrogen-bond acceptors (Lipinski definition) is 5. The number of carbonyl (C=O) groups excluding carboxylic acids is 1. The van der Waals surface area contributed by atoms with Crippen LogP contribution in [0.25, 0.3) is 11.1 Å². The van der Waals surface area contributed by atoms with Gasteiger partial charge in [0.1, 0.15) is 5.52 Å². The van der Waals surface area contributed by atoms with Gasteiger partial charge in [-0.05, 0) is 19.2 Å². The predicted molar refractivity (Wildman–Crippen MR) is 68.8 cm³/mol. The summed E-state index contributed by atoms with van der Waals surface area (Å²) in [6.45, 7) is 0.777. The first-order valence-corrected chi connectivity index (χ1v) is 5.62. The van der Waals surface area contributed by atoms with Gasteiger partial charge in [0.05, 0.1) is 13.1 Å².